The van der Waals surface area contributed by atoms with E-state index in [0.29, 0.717) is 0 Å². The Balaban J connectivity index is 2.34. The number of carbonyl (C=O) groups excluding carboxylic acids is 1. The molecular formula is C4H4F3N2O2. The molecule has 1 unspecified atom stereocenters. The van der Waals surface area contributed by atoms with E-state index < -0.39 is 18.6 Å². The molecule has 0 aromatic rings. The zero-order valence-electron chi connectivity index (χ0n) is 5.18. The Morgan fingerprint density at radius 3 is 2.64 bits per heavy atom. The second kappa shape index (κ2) is 2.57. The third-order valence-corrected chi connectivity index (χ3v) is 0.959. The lowest BCUT2D eigenvalue weighted by Gasteiger charge is -2.10. The predicted octanol–water partition coefficient (Wildman–Crippen LogP) is 0.177. The number of amides is 2. The van der Waals surface area contributed by atoms with Crippen LogP contribution in [-0.4, -0.2) is 25.2 Å². The molecule has 1 N–H and O–H groups in total. The summed E-state index contributed by atoms with van der Waals surface area (Å²) in [6.45, 7) is -0.224. The summed E-state index contributed by atoms with van der Waals surface area (Å²) in [7, 11) is 0. The molecule has 7 heteroatoms. The van der Waals surface area contributed by atoms with E-state index in [1.165, 1.54) is 0 Å². The largest absolute Gasteiger partial charge is 0.524 e. The maximum atomic E-state index is 11.4. The Bertz CT molecular complexity index is 169. The number of nitrogens with zero attached hydrogens (tertiary/aromatic N) is 1. The molecule has 0 aromatic carbocycles. The maximum Gasteiger partial charge on any atom is 0.524 e. The van der Waals surface area contributed by atoms with E-state index in [2.05, 4.69) is 15.4 Å². The summed E-state index contributed by atoms with van der Waals surface area (Å²) in [5, 5.41) is 5.04. The molecule has 0 saturated carbocycles. The smallest absolute Gasteiger partial charge is 0.332 e. The lowest BCUT2D eigenvalue weighted by molar-refractivity contribution is -0.342. The van der Waals surface area contributed by atoms with Crippen LogP contribution >= 0.6 is 0 Å². The van der Waals surface area contributed by atoms with Gasteiger partial charge in [-0.25, -0.2) is 4.79 Å². The molecule has 63 valence electrons. The first-order valence-corrected chi connectivity index (χ1v) is 2.70. The highest BCUT2D eigenvalue weighted by atomic mass is 19.4. The van der Waals surface area contributed by atoms with E-state index in [9.17, 15) is 18.0 Å². The van der Waals surface area contributed by atoms with Crippen molar-refractivity contribution in [3.05, 3.63) is 0 Å². The van der Waals surface area contributed by atoms with Gasteiger partial charge < -0.3 is 5.32 Å². The topological polar surface area (TPSA) is 52.4 Å². The lowest BCUT2D eigenvalue weighted by atomic mass is 10.6. The summed E-state index contributed by atoms with van der Waals surface area (Å²) in [5.41, 5.74) is 0. The van der Waals surface area contributed by atoms with Crippen LogP contribution < -0.4 is 10.6 Å². The van der Waals surface area contributed by atoms with Crippen molar-refractivity contribution < 1.29 is 22.7 Å². The minimum absolute atomic E-state index is 0.224. The summed E-state index contributed by atoms with van der Waals surface area (Å²) < 4.78 is 37.7. The fraction of sp³-hybridized carbons (Fsp3) is 0.750. The number of hydrogen-bond donors (Lipinski definition) is 1. The standard InChI is InChI=1S/C4H4F3N2O2/c5-4(6,7)11-2-1-8-3(10)9-2/h2H,1H2,(H,8,10). The average molecular weight is 169 g/mol. The summed E-state index contributed by atoms with van der Waals surface area (Å²) in [5.74, 6) is 0. The Hall–Kier alpha value is -0.980. The van der Waals surface area contributed by atoms with Crippen LogP contribution in [0.2, 0.25) is 0 Å². The molecule has 0 bridgehead atoms. The lowest BCUT2D eigenvalue weighted by Crippen LogP contribution is -2.30. The van der Waals surface area contributed by atoms with Gasteiger partial charge in [0.15, 0.2) is 6.23 Å². The van der Waals surface area contributed by atoms with Gasteiger partial charge in [-0.15, -0.1) is 13.2 Å². The van der Waals surface area contributed by atoms with Crippen molar-refractivity contribution in [3.63, 3.8) is 0 Å². The highest BCUT2D eigenvalue weighted by molar-refractivity contribution is 5.75. The van der Waals surface area contributed by atoms with Gasteiger partial charge in [-0.1, -0.05) is 0 Å². The van der Waals surface area contributed by atoms with E-state index >= 15 is 0 Å². The quantitative estimate of drug-likeness (QED) is 0.608. The Labute approximate surface area is 59.7 Å². The Morgan fingerprint density at radius 2 is 2.27 bits per heavy atom. The first-order chi connectivity index (χ1) is 4.97. The van der Waals surface area contributed by atoms with Crippen LogP contribution in [0.25, 0.3) is 0 Å². The number of carbonyl (C=O) groups is 1. The number of rotatable bonds is 1. The van der Waals surface area contributed by atoms with Gasteiger partial charge in [-0.3, -0.25) is 4.74 Å². The minimum Gasteiger partial charge on any atom is -0.332 e. The fourth-order valence-electron chi connectivity index (χ4n) is 0.619. The monoisotopic (exact) mass is 169 g/mol. The van der Waals surface area contributed by atoms with Crippen LogP contribution in [-0.2, 0) is 4.74 Å². The van der Waals surface area contributed by atoms with Crippen molar-refractivity contribution in [2.75, 3.05) is 6.54 Å². The van der Waals surface area contributed by atoms with E-state index in [4.69, 9.17) is 0 Å². The SMILES string of the molecule is O=C1[N]C(OC(F)(F)F)CN1. The molecular weight excluding hydrogens is 165 g/mol. The van der Waals surface area contributed by atoms with Crippen molar-refractivity contribution in [1.82, 2.24) is 10.6 Å². The molecule has 0 aromatic heterocycles. The van der Waals surface area contributed by atoms with Gasteiger partial charge in [0.05, 0.1) is 6.54 Å². The number of urea groups is 1. The van der Waals surface area contributed by atoms with Crippen LogP contribution in [0.3, 0.4) is 0 Å². The zero-order valence-corrected chi connectivity index (χ0v) is 5.18. The van der Waals surface area contributed by atoms with E-state index in [1.807, 2.05) is 0 Å². The number of nitrogens with one attached hydrogen (secondary N) is 1. The van der Waals surface area contributed by atoms with E-state index in [1.54, 1.807) is 0 Å². The third-order valence-electron chi connectivity index (χ3n) is 0.959. The van der Waals surface area contributed by atoms with E-state index in [0.717, 1.165) is 0 Å². The highest BCUT2D eigenvalue weighted by Gasteiger charge is 2.37. The zero-order chi connectivity index (χ0) is 8.48. The summed E-state index contributed by atoms with van der Waals surface area (Å²) in [6.07, 6.45) is -6.16. The van der Waals surface area contributed by atoms with E-state index in [-0.39, 0.29) is 6.54 Å². The molecule has 1 atom stereocenters. The number of ether oxygens (including phenoxy) is 1. The molecule has 2 amide bonds. The van der Waals surface area contributed by atoms with Gasteiger partial charge in [-0.2, -0.15) is 5.32 Å². The normalized spacial score (nSPS) is 24.6. The third kappa shape index (κ3) is 2.62. The second-order valence-corrected chi connectivity index (χ2v) is 1.83. The Morgan fingerprint density at radius 1 is 1.64 bits per heavy atom. The Kier molecular flexibility index (Phi) is 1.90. The molecule has 0 spiro atoms. The predicted molar refractivity (Wildman–Crippen MR) is 26.5 cm³/mol. The van der Waals surface area contributed by atoms with Gasteiger partial charge in [0.1, 0.15) is 0 Å². The van der Waals surface area contributed by atoms with Gasteiger partial charge in [0.2, 0.25) is 0 Å². The highest BCUT2D eigenvalue weighted by Crippen LogP contribution is 2.18. The second-order valence-electron chi connectivity index (χ2n) is 1.83. The first-order valence-electron chi connectivity index (χ1n) is 2.70. The van der Waals surface area contributed by atoms with Gasteiger partial charge in [0.25, 0.3) is 0 Å². The van der Waals surface area contributed by atoms with Gasteiger partial charge in [0, 0.05) is 0 Å². The molecule has 1 aliphatic heterocycles. The molecule has 1 heterocycles. The van der Waals surface area contributed by atoms with Crippen molar-refractivity contribution in [2.24, 2.45) is 0 Å². The number of halogens is 3. The maximum absolute atomic E-state index is 11.4. The average Bonchev–Trinajstić information content (AvgIpc) is 2.10. The van der Waals surface area contributed by atoms with Crippen molar-refractivity contribution >= 4 is 6.03 Å². The summed E-state index contributed by atoms with van der Waals surface area (Å²) in [6, 6.07) is -0.778. The van der Waals surface area contributed by atoms with Crippen LogP contribution in [0.15, 0.2) is 0 Å². The van der Waals surface area contributed by atoms with Crippen LogP contribution in [0.1, 0.15) is 0 Å². The first kappa shape index (κ1) is 8.12. The molecule has 1 saturated heterocycles. The molecule has 4 nitrogen and oxygen atoms in total. The molecule has 1 aliphatic rings. The van der Waals surface area contributed by atoms with Crippen molar-refractivity contribution in [3.8, 4) is 0 Å². The van der Waals surface area contributed by atoms with Crippen LogP contribution in [0.5, 0.6) is 0 Å². The van der Waals surface area contributed by atoms with Gasteiger partial charge in [-0.05, 0) is 0 Å². The van der Waals surface area contributed by atoms with Crippen LogP contribution in [0.4, 0.5) is 18.0 Å². The van der Waals surface area contributed by atoms with Crippen LogP contribution in [0, 0.1) is 0 Å². The minimum atomic E-state index is -4.74. The number of hydrogen-bond acceptors (Lipinski definition) is 2. The molecule has 1 radical (unpaired) electrons. The summed E-state index contributed by atoms with van der Waals surface area (Å²) >= 11 is 0. The molecule has 11 heavy (non-hydrogen) atoms. The van der Waals surface area contributed by atoms with Crippen molar-refractivity contribution in [1.29, 1.82) is 0 Å². The van der Waals surface area contributed by atoms with Crippen molar-refractivity contribution in [2.45, 2.75) is 12.6 Å². The molecule has 0 aliphatic carbocycles. The number of alkyl halides is 3. The fourth-order valence-corrected chi connectivity index (χ4v) is 0.619. The molecule has 1 fully saturated rings. The van der Waals surface area contributed by atoms with Gasteiger partial charge >= 0.3 is 12.4 Å². The summed E-state index contributed by atoms with van der Waals surface area (Å²) in [4.78, 5) is 10.2. The molecule has 1 rings (SSSR count).